The molecule has 3 atom stereocenters. The molecule has 1 aliphatic carbocycles. The van der Waals surface area contributed by atoms with Crippen LogP contribution in [0.3, 0.4) is 0 Å². The SMILES string of the molecule is O=C(O)[C@]1(O)C=C(COP(=O)(O)O)[C@@H](O)[C@H](O)C1. The summed E-state index contributed by atoms with van der Waals surface area (Å²) in [4.78, 5) is 27.8. The average molecular weight is 284 g/mol. The van der Waals surface area contributed by atoms with E-state index < -0.39 is 44.6 Å². The fourth-order valence-corrected chi connectivity index (χ4v) is 1.88. The molecule has 10 heteroatoms. The monoisotopic (exact) mass is 284 g/mol. The lowest BCUT2D eigenvalue weighted by Gasteiger charge is -2.33. The molecule has 1 aliphatic rings. The molecule has 0 spiro atoms. The van der Waals surface area contributed by atoms with Crippen LogP contribution in [0.1, 0.15) is 6.42 Å². The van der Waals surface area contributed by atoms with E-state index >= 15 is 0 Å². The molecule has 0 bridgehead atoms. The van der Waals surface area contributed by atoms with E-state index in [0.717, 1.165) is 0 Å². The smallest absolute Gasteiger partial charge is 0.469 e. The molecule has 0 saturated carbocycles. The van der Waals surface area contributed by atoms with Crippen molar-refractivity contribution in [2.75, 3.05) is 6.61 Å². The highest BCUT2D eigenvalue weighted by Gasteiger charge is 2.43. The Hall–Kier alpha value is -0.800. The molecule has 0 aromatic carbocycles. The second kappa shape index (κ2) is 5.06. The number of hydrogen-bond donors (Lipinski definition) is 6. The minimum atomic E-state index is -4.81. The van der Waals surface area contributed by atoms with E-state index in [1.165, 1.54) is 0 Å². The van der Waals surface area contributed by atoms with Crippen LogP contribution in [0.25, 0.3) is 0 Å². The van der Waals surface area contributed by atoms with Gasteiger partial charge in [0.25, 0.3) is 0 Å². The summed E-state index contributed by atoms with van der Waals surface area (Å²) < 4.78 is 14.6. The van der Waals surface area contributed by atoms with Crippen LogP contribution in [0.4, 0.5) is 0 Å². The van der Waals surface area contributed by atoms with Crippen LogP contribution < -0.4 is 0 Å². The maximum Gasteiger partial charge on any atom is 0.469 e. The summed E-state index contributed by atoms with van der Waals surface area (Å²) in [7, 11) is -4.81. The van der Waals surface area contributed by atoms with Gasteiger partial charge in [0.2, 0.25) is 0 Å². The molecule has 1 rings (SSSR count). The Morgan fingerprint density at radius 2 is 2.06 bits per heavy atom. The molecule has 0 saturated heterocycles. The van der Waals surface area contributed by atoms with E-state index in [1.807, 2.05) is 0 Å². The molecule has 0 aromatic heterocycles. The number of phosphoric acid groups is 1. The number of carboxylic acid groups (broad SMARTS) is 1. The van der Waals surface area contributed by atoms with Crippen LogP contribution in [0, 0.1) is 0 Å². The Labute approximate surface area is 101 Å². The van der Waals surface area contributed by atoms with Gasteiger partial charge in [0, 0.05) is 6.42 Å². The molecule has 0 heterocycles. The summed E-state index contributed by atoms with van der Waals surface area (Å²) in [5.74, 6) is -1.65. The molecule has 0 fully saturated rings. The highest BCUT2D eigenvalue weighted by atomic mass is 31.2. The minimum Gasteiger partial charge on any atom is -0.479 e. The Morgan fingerprint density at radius 3 is 2.50 bits per heavy atom. The van der Waals surface area contributed by atoms with Crippen LogP contribution in [-0.4, -0.2) is 60.6 Å². The quantitative estimate of drug-likeness (QED) is 0.252. The van der Waals surface area contributed by atoms with Crippen molar-refractivity contribution in [2.24, 2.45) is 0 Å². The van der Waals surface area contributed by atoms with Gasteiger partial charge in [-0.2, -0.15) is 0 Å². The van der Waals surface area contributed by atoms with Gasteiger partial charge in [-0.1, -0.05) is 0 Å². The maximum atomic E-state index is 10.8. The van der Waals surface area contributed by atoms with E-state index in [0.29, 0.717) is 6.08 Å². The summed E-state index contributed by atoms with van der Waals surface area (Å²) in [5.41, 5.74) is -2.73. The zero-order valence-electron chi connectivity index (χ0n) is 9.00. The van der Waals surface area contributed by atoms with E-state index in [2.05, 4.69) is 4.52 Å². The fraction of sp³-hybridized carbons (Fsp3) is 0.625. The second-order valence-electron chi connectivity index (χ2n) is 3.93. The second-order valence-corrected chi connectivity index (χ2v) is 5.17. The van der Waals surface area contributed by atoms with Gasteiger partial charge in [0.15, 0.2) is 5.60 Å². The predicted octanol–water partition coefficient (Wildman–Crippen LogP) is -2.04. The van der Waals surface area contributed by atoms with E-state index in [4.69, 9.17) is 14.9 Å². The number of rotatable bonds is 4. The van der Waals surface area contributed by atoms with Crippen molar-refractivity contribution in [2.45, 2.75) is 24.2 Å². The molecular weight excluding hydrogens is 271 g/mol. The van der Waals surface area contributed by atoms with Gasteiger partial charge >= 0.3 is 13.8 Å². The lowest BCUT2D eigenvalue weighted by atomic mass is 9.83. The van der Waals surface area contributed by atoms with Crippen molar-refractivity contribution in [1.82, 2.24) is 0 Å². The highest BCUT2D eigenvalue weighted by molar-refractivity contribution is 7.46. The Morgan fingerprint density at radius 1 is 1.50 bits per heavy atom. The number of carbonyl (C=O) groups is 1. The summed E-state index contributed by atoms with van der Waals surface area (Å²) in [6.45, 7) is -0.807. The zero-order valence-corrected chi connectivity index (χ0v) is 9.90. The van der Waals surface area contributed by atoms with Gasteiger partial charge in [-0.05, 0) is 11.6 Å². The van der Waals surface area contributed by atoms with Crippen LogP contribution in [0.2, 0.25) is 0 Å². The third-order valence-corrected chi connectivity index (χ3v) is 2.92. The van der Waals surface area contributed by atoms with E-state index in [9.17, 15) is 24.7 Å². The number of aliphatic carboxylic acids is 1. The highest BCUT2D eigenvalue weighted by Crippen LogP contribution is 2.38. The van der Waals surface area contributed by atoms with Gasteiger partial charge in [-0.15, -0.1) is 0 Å². The number of hydrogen-bond acceptors (Lipinski definition) is 6. The lowest BCUT2D eigenvalue weighted by Crippen LogP contribution is -2.48. The third-order valence-electron chi connectivity index (χ3n) is 2.46. The lowest BCUT2D eigenvalue weighted by molar-refractivity contribution is -0.158. The van der Waals surface area contributed by atoms with Crippen LogP contribution in [-0.2, 0) is 13.9 Å². The molecule has 0 radical (unpaired) electrons. The Balaban J connectivity index is 2.95. The molecule has 6 N–H and O–H groups in total. The molecule has 104 valence electrons. The molecule has 0 unspecified atom stereocenters. The Bertz CT molecular complexity index is 413. The normalized spacial score (nSPS) is 33.1. The van der Waals surface area contributed by atoms with Gasteiger partial charge in [-0.3, -0.25) is 4.52 Å². The number of phosphoric ester groups is 1. The Kier molecular flexibility index (Phi) is 4.29. The molecule has 9 nitrogen and oxygen atoms in total. The molecule has 18 heavy (non-hydrogen) atoms. The van der Waals surface area contributed by atoms with Crippen LogP contribution >= 0.6 is 7.82 Å². The number of carboxylic acids is 1. The minimum absolute atomic E-state index is 0.318. The fourth-order valence-electron chi connectivity index (χ4n) is 1.56. The van der Waals surface area contributed by atoms with Crippen molar-refractivity contribution < 1.29 is 44.1 Å². The number of aliphatic hydroxyl groups is 3. The van der Waals surface area contributed by atoms with Crippen molar-refractivity contribution in [3.8, 4) is 0 Å². The number of aliphatic hydroxyl groups excluding tert-OH is 2. The third kappa shape index (κ3) is 3.59. The van der Waals surface area contributed by atoms with Crippen LogP contribution in [0.5, 0.6) is 0 Å². The van der Waals surface area contributed by atoms with E-state index in [-0.39, 0.29) is 5.57 Å². The molecule has 0 aliphatic heterocycles. The first kappa shape index (κ1) is 15.3. The van der Waals surface area contributed by atoms with Crippen molar-refractivity contribution in [1.29, 1.82) is 0 Å². The molecule has 0 aromatic rings. The van der Waals surface area contributed by atoms with Gasteiger partial charge in [0.05, 0.1) is 12.7 Å². The summed E-state index contributed by atoms with van der Waals surface area (Å²) in [6.07, 6.45) is -3.06. The summed E-state index contributed by atoms with van der Waals surface area (Å²) in [5, 5.41) is 37.3. The van der Waals surface area contributed by atoms with Gasteiger partial charge in [0.1, 0.15) is 6.10 Å². The van der Waals surface area contributed by atoms with Crippen molar-refractivity contribution in [3.05, 3.63) is 11.6 Å². The van der Waals surface area contributed by atoms with Crippen LogP contribution in [0.15, 0.2) is 11.6 Å². The molecular formula is C8H13O9P. The summed E-state index contributed by atoms with van der Waals surface area (Å²) >= 11 is 0. The first-order valence-electron chi connectivity index (χ1n) is 4.79. The molecule has 0 amide bonds. The van der Waals surface area contributed by atoms with Gasteiger partial charge in [-0.25, -0.2) is 9.36 Å². The zero-order chi connectivity index (χ0) is 14.1. The first-order chi connectivity index (χ1) is 8.05. The summed E-state index contributed by atoms with van der Waals surface area (Å²) in [6, 6.07) is 0. The largest absolute Gasteiger partial charge is 0.479 e. The predicted molar refractivity (Wildman–Crippen MR) is 55.3 cm³/mol. The van der Waals surface area contributed by atoms with Crippen molar-refractivity contribution >= 4 is 13.8 Å². The first-order valence-corrected chi connectivity index (χ1v) is 6.32. The van der Waals surface area contributed by atoms with Crippen molar-refractivity contribution in [3.63, 3.8) is 0 Å². The topological polar surface area (TPSA) is 165 Å². The van der Waals surface area contributed by atoms with E-state index in [1.54, 1.807) is 0 Å². The maximum absolute atomic E-state index is 10.8. The standard InChI is InChI=1S/C8H13O9P/c9-5-2-8(13,7(11)12)1-4(6(5)10)3-17-18(14,15)16/h1,5-6,9-10,13H,2-3H2,(H,11,12)(H2,14,15,16)/t5-,6-,8+/m1/s1. The average Bonchev–Trinajstić information content (AvgIpc) is 2.20. The van der Waals surface area contributed by atoms with Gasteiger partial charge < -0.3 is 30.2 Å².